The molecule has 0 aliphatic heterocycles. The largest absolute Gasteiger partial charge is 0.481 e. The molecule has 1 unspecified atom stereocenters. The number of amides is 1. The molecular formula is C19H24N2O4S. The van der Waals surface area contributed by atoms with Gasteiger partial charge in [0.2, 0.25) is 0 Å². The summed E-state index contributed by atoms with van der Waals surface area (Å²) in [4.78, 5) is 28.1. The van der Waals surface area contributed by atoms with Gasteiger partial charge in [0.05, 0.1) is 12.5 Å². The van der Waals surface area contributed by atoms with E-state index in [-0.39, 0.29) is 19.1 Å². The number of ether oxygens (including phenoxy) is 1. The summed E-state index contributed by atoms with van der Waals surface area (Å²) in [5.74, 6) is -0.470. The van der Waals surface area contributed by atoms with Gasteiger partial charge in [0, 0.05) is 11.1 Å². The van der Waals surface area contributed by atoms with Crippen molar-refractivity contribution in [3.05, 3.63) is 52.0 Å². The summed E-state index contributed by atoms with van der Waals surface area (Å²) >= 11 is 1.44. The lowest BCUT2D eigenvalue weighted by Gasteiger charge is -2.18. The second-order valence-corrected chi connectivity index (χ2v) is 7.59. The average Bonchev–Trinajstić information content (AvgIpc) is 3.07. The summed E-state index contributed by atoms with van der Waals surface area (Å²) in [6.07, 6.45) is 2.45. The van der Waals surface area contributed by atoms with Crippen molar-refractivity contribution >= 4 is 23.4 Å². The van der Waals surface area contributed by atoms with E-state index in [1.54, 1.807) is 6.20 Å². The Bertz CT molecular complexity index is 715. The zero-order valence-corrected chi connectivity index (χ0v) is 15.8. The van der Waals surface area contributed by atoms with E-state index in [1.807, 2.05) is 30.3 Å². The third-order valence-electron chi connectivity index (χ3n) is 3.67. The van der Waals surface area contributed by atoms with E-state index < -0.39 is 12.1 Å². The fourth-order valence-corrected chi connectivity index (χ4v) is 3.41. The number of aliphatic carboxylic acids is 1. The number of alkyl carbamates (subject to hydrolysis) is 1. The van der Waals surface area contributed by atoms with Crippen molar-refractivity contribution in [3.8, 4) is 0 Å². The summed E-state index contributed by atoms with van der Waals surface area (Å²) < 4.78 is 5.30. The molecule has 2 N–H and O–H groups in total. The smallest absolute Gasteiger partial charge is 0.408 e. The molecule has 0 saturated heterocycles. The Hall–Kier alpha value is -2.41. The van der Waals surface area contributed by atoms with Crippen LogP contribution in [0, 0.1) is 5.92 Å². The Balaban J connectivity index is 1.95. The van der Waals surface area contributed by atoms with E-state index in [2.05, 4.69) is 24.1 Å². The first-order valence-electron chi connectivity index (χ1n) is 8.57. The van der Waals surface area contributed by atoms with Crippen LogP contribution < -0.4 is 5.32 Å². The number of carbonyl (C=O) groups excluding carboxylic acids is 1. The van der Waals surface area contributed by atoms with Crippen LogP contribution in [0.3, 0.4) is 0 Å². The lowest BCUT2D eigenvalue weighted by molar-refractivity contribution is -0.136. The first-order chi connectivity index (χ1) is 12.4. The van der Waals surface area contributed by atoms with Gasteiger partial charge in [-0.2, -0.15) is 0 Å². The standard InChI is InChI=1S/C19H24N2O4S/c1-13(2)10-16(18-20-11-15(26-18)8-9-17(22)23)21-19(24)25-12-14-6-4-3-5-7-14/h3-7,11,13,16H,8-10,12H2,1-2H3,(H,21,24)(H,22,23). The molecule has 1 aromatic heterocycles. The first-order valence-corrected chi connectivity index (χ1v) is 9.39. The van der Waals surface area contributed by atoms with Gasteiger partial charge in [-0.25, -0.2) is 9.78 Å². The number of rotatable bonds is 9. The van der Waals surface area contributed by atoms with Gasteiger partial charge in [-0.3, -0.25) is 4.79 Å². The van der Waals surface area contributed by atoms with Crippen molar-refractivity contribution in [2.45, 2.75) is 45.8 Å². The predicted molar refractivity (Wildman–Crippen MR) is 100 cm³/mol. The van der Waals surface area contributed by atoms with Crippen molar-refractivity contribution in [1.29, 1.82) is 0 Å². The highest BCUT2D eigenvalue weighted by Crippen LogP contribution is 2.26. The highest BCUT2D eigenvalue weighted by Gasteiger charge is 2.20. The molecule has 0 bridgehead atoms. The summed E-state index contributed by atoms with van der Waals surface area (Å²) in [5.41, 5.74) is 0.924. The Labute approximate surface area is 157 Å². The van der Waals surface area contributed by atoms with Gasteiger partial charge < -0.3 is 15.2 Å². The number of hydrogen-bond donors (Lipinski definition) is 2. The number of nitrogens with one attached hydrogen (secondary N) is 1. The lowest BCUT2D eigenvalue weighted by Crippen LogP contribution is -2.30. The van der Waals surface area contributed by atoms with Crippen LogP contribution in [0.15, 0.2) is 36.5 Å². The maximum atomic E-state index is 12.2. The van der Waals surface area contributed by atoms with Gasteiger partial charge in [0.1, 0.15) is 11.6 Å². The Morgan fingerprint density at radius 3 is 2.65 bits per heavy atom. The van der Waals surface area contributed by atoms with Crippen molar-refractivity contribution in [2.24, 2.45) is 5.92 Å². The normalized spacial score (nSPS) is 12.0. The fraction of sp³-hybridized carbons (Fsp3) is 0.421. The monoisotopic (exact) mass is 376 g/mol. The Morgan fingerprint density at radius 1 is 1.27 bits per heavy atom. The third kappa shape index (κ3) is 6.84. The van der Waals surface area contributed by atoms with Crippen LogP contribution in [0.4, 0.5) is 4.79 Å². The first kappa shape index (κ1) is 19.9. The fourth-order valence-electron chi connectivity index (χ4n) is 2.43. The SMILES string of the molecule is CC(C)CC(NC(=O)OCc1ccccc1)c1ncc(CCC(=O)O)s1. The maximum absolute atomic E-state index is 12.2. The highest BCUT2D eigenvalue weighted by atomic mass is 32.1. The second-order valence-electron chi connectivity index (χ2n) is 6.45. The number of carboxylic acid groups (broad SMARTS) is 1. The van der Waals surface area contributed by atoms with Crippen LogP contribution in [-0.4, -0.2) is 22.2 Å². The summed E-state index contributed by atoms with van der Waals surface area (Å²) in [6.45, 7) is 4.36. The van der Waals surface area contributed by atoms with Gasteiger partial charge in [-0.15, -0.1) is 11.3 Å². The summed E-state index contributed by atoms with van der Waals surface area (Å²) in [6, 6.07) is 9.25. The highest BCUT2D eigenvalue weighted by molar-refractivity contribution is 7.11. The van der Waals surface area contributed by atoms with Crippen molar-refractivity contribution in [1.82, 2.24) is 10.3 Å². The molecule has 0 saturated carbocycles. The minimum Gasteiger partial charge on any atom is -0.481 e. The number of carbonyl (C=O) groups is 2. The zero-order valence-electron chi connectivity index (χ0n) is 15.0. The predicted octanol–water partition coefficient (Wildman–Crippen LogP) is 4.17. The molecule has 1 atom stereocenters. The molecule has 0 aliphatic rings. The minimum absolute atomic E-state index is 0.0724. The molecule has 2 aromatic rings. The van der Waals surface area contributed by atoms with Crippen LogP contribution in [0.1, 0.15) is 48.2 Å². The van der Waals surface area contributed by atoms with Gasteiger partial charge >= 0.3 is 12.1 Å². The summed E-state index contributed by atoms with van der Waals surface area (Å²) in [5, 5.41) is 12.4. The van der Waals surface area contributed by atoms with Crippen LogP contribution in [0.2, 0.25) is 0 Å². The molecular weight excluding hydrogens is 352 g/mol. The molecule has 1 amide bonds. The molecule has 26 heavy (non-hydrogen) atoms. The lowest BCUT2D eigenvalue weighted by atomic mass is 10.0. The van der Waals surface area contributed by atoms with Gasteiger partial charge in [-0.1, -0.05) is 44.2 Å². The molecule has 0 fully saturated rings. The third-order valence-corrected chi connectivity index (χ3v) is 4.84. The van der Waals surface area contributed by atoms with Crippen LogP contribution in [0.25, 0.3) is 0 Å². The van der Waals surface area contributed by atoms with Gasteiger partial charge in [0.25, 0.3) is 0 Å². The van der Waals surface area contributed by atoms with Crippen molar-refractivity contribution in [2.75, 3.05) is 0 Å². The van der Waals surface area contributed by atoms with Crippen molar-refractivity contribution < 1.29 is 19.4 Å². The van der Waals surface area contributed by atoms with Gasteiger partial charge in [0.15, 0.2) is 0 Å². The number of aromatic nitrogens is 1. The molecule has 0 spiro atoms. The number of thiazole rings is 1. The van der Waals surface area contributed by atoms with Gasteiger partial charge in [-0.05, 0) is 24.3 Å². The zero-order chi connectivity index (χ0) is 18.9. The molecule has 0 radical (unpaired) electrons. The van der Waals surface area contributed by atoms with Crippen LogP contribution in [-0.2, 0) is 22.6 Å². The molecule has 140 valence electrons. The number of aryl methyl sites for hydroxylation is 1. The van der Waals surface area contributed by atoms with E-state index >= 15 is 0 Å². The van der Waals surface area contributed by atoms with E-state index in [4.69, 9.17) is 9.84 Å². The average molecular weight is 376 g/mol. The number of benzene rings is 1. The Kier molecular flexibility index (Phi) is 7.59. The van der Waals surface area contributed by atoms with Crippen molar-refractivity contribution in [3.63, 3.8) is 0 Å². The molecule has 0 aliphatic carbocycles. The molecule has 7 heteroatoms. The topological polar surface area (TPSA) is 88.5 Å². The van der Waals surface area contributed by atoms with Crippen LogP contribution >= 0.6 is 11.3 Å². The molecule has 2 rings (SSSR count). The van der Waals surface area contributed by atoms with E-state index in [0.29, 0.717) is 12.3 Å². The molecule has 1 aromatic carbocycles. The Morgan fingerprint density at radius 2 is 2.00 bits per heavy atom. The van der Waals surface area contributed by atoms with E-state index in [0.717, 1.165) is 21.9 Å². The minimum atomic E-state index is -0.832. The number of carboxylic acids is 1. The number of nitrogens with zero attached hydrogens (tertiary/aromatic N) is 1. The van der Waals surface area contributed by atoms with E-state index in [9.17, 15) is 9.59 Å². The maximum Gasteiger partial charge on any atom is 0.408 e. The van der Waals surface area contributed by atoms with E-state index in [1.165, 1.54) is 11.3 Å². The molecule has 6 nitrogen and oxygen atoms in total. The number of hydrogen-bond acceptors (Lipinski definition) is 5. The quantitative estimate of drug-likeness (QED) is 0.685. The molecule has 1 heterocycles. The van der Waals surface area contributed by atoms with Crippen LogP contribution in [0.5, 0.6) is 0 Å². The second kappa shape index (κ2) is 9.91. The summed E-state index contributed by atoms with van der Waals surface area (Å²) in [7, 11) is 0.